The maximum atomic E-state index is 12.4. The number of benzene rings is 1. The Morgan fingerprint density at radius 3 is 2.58 bits per heavy atom. The zero-order valence-electron chi connectivity index (χ0n) is 6.55. The molecule has 0 bridgehead atoms. The van der Waals surface area contributed by atoms with Crippen molar-refractivity contribution in [2.45, 2.75) is 6.54 Å². The molecule has 0 heterocycles. The van der Waals surface area contributed by atoms with Crippen molar-refractivity contribution in [1.82, 2.24) is 5.32 Å². The van der Waals surface area contributed by atoms with E-state index < -0.39 is 0 Å². The van der Waals surface area contributed by atoms with Crippen LogP contribution in [0.3, 0.4) is 0 Å². The molecule has 0 amide bonds. The van der Waals surface area contributed by atoms with E-state index in [1.165, 1.54) is 12.1 Å². The Morgan fingerprint density at radius 2 is 2.00 bits per heavy atom. The normalized spacial score (nSPS) is 9.33. The van der Waals surface area contributed by atoms with Crippen molar-refractivity contribution in [3.63, 3.8) is 0 Å². The minimum atomic E-state index is -0.237. The number of halogens is 1. The van der Waals surface area contributed by atoms with Crippen molar-refractivity contribution < 1.29 is 4.39 Å². The first-order chi connectivity index (χ1) is 5.83. The molecule has 1 aromatic carbocycles. The van der Waals surface area contributed by atoms with Crippen LogP contribution in [0.1, 0.15) is 5.56 Å². The molecule has 12 heavy (non-hydrogen) atoms. The number of nitrogens with one attached hydrogen (secondary N) is 1. The van der Waals surface area contributed by atoms with Crippen molar-refractivity contribution in [2.75, 3.05) is 6.54 Å². The molecule has 0 aliphatic rings. The molecule has 1 rings (SSSR count). The lowest BCUT2D eigenvalue weighted by atomic mass is 10.2. The molecule has 62 valence electrons. The van der Waals surface area contributed by atoms with Gasteiger partial charge < -0.3 is 5.32 Å². The molecule has 1 N–H and O–H groups in total. The fraction of sp³-hybridized carbons (Fsp3) is 0.222. The third kappa shape index (κ3) is 2.69. The van der Waals surface area contributed by atoms with Gasteiger partial charge in [0.05, 0.1) is 12.6 Å². The van der Waals surface area contributed by atoms with Crippen LogP contribution in [-0.2, 0) is 6.54 Å². The lowest BCUT2D eigenvalue weighted by Crippen LogP contribution is -2.12. The van der Waals surface area contributed by atoms with E-state index in [1.54, 1.807) is 12.1 Å². The van der Waals surface area contributed by atoms with Crippen LogP contribution in [0.25, 0.3) is 0 Å². The van der Waals surface area contributed by atoms with Crippen LogP contribution < -0.4 is 5.32 Å². The number of nitrogens with zero attached hydrogens (tertiary/aromatic N) is 1. The Kier molecular flexibility index (Phi) is 3.24. The maximum Gasteiger partial charge on any atom is 0.123 e. The second-order valence-electron chi connectivity index (χ2n) is 2.39. The molecule has 0 spiro atoms. The molecule has 0 aliphatic carbocycles. The molecule has 1 aromatic rings. The van der Waals surface area contributed by atoms with Gasteiger partial charge in [-0.25, -0.2) is 4.39 Å². The summed E-state index contributed by atoms with van der Waals surface area (Å²) >= 11 is 0. The summed E-state index contributed by atoms with van der Waals surface area (Å²) in [4.78, 5) is 0. The number of hydrogen-bond donors (Lipinski definition) is 1. The molecular weight excluding hydrogens is 155 g/mol. The zero-order chi connectivity index (χ0) is 8.81. The predicted molar refractivity (Wildman–Crippen MR) is 43.7 cm³/mol. The summed E-state index contributed by atoms with van der Waals surface area (Å²) in [6, 6.07) is 8.16. The predicted octanol–water partition coefficient (Wildman–Crippen LogP) is 1.44. The molecule has 0 fully saturated rings. The molecule has 0 saturated heterocycles. The van der Waals surface area contributed by atoms with E-state index in [-0.39, 0.29) is 5.82 Å². The number of hydrogen-bond acceptors (Lipinski definition) is 2. The van der Waals surface area contributed by atoms with E-state index in [2.05, 4.69) is 5.32 Å². The zero-order valence-corrected chi connectivity index (χ0v) is 6.55. The first kappa shape index (κ1) is 8.69. The van der Waals surface area contributed by atoms with Gasteiger partial charge in [-0.15, -0.1) is 0 Å². The van der Waals surface area contributed by atoms with Gasteiger partial charge in [-0.2, -0.15) is 5.26 Å². The van der Waals surface area contributed by atoms with Gasteiger partial charge in [0.1, 0.15) is 5.82 Å². The van der Waals surface area contributed by atoms with Gasteiger partial charge in [0.25, 0.3) is 0 Å². The molecular formula is C9H9FN2. The van der Waals surface area contributed by atoms with Gasteiger partial charge in [0.2, 0.25) is 0 Å². The Hall–Kier alpha value is -1.40. The van der Waals surface area contributed by atoms with Crippen LogP contribution in [0.4, 0.5) is 4.39 Å². The molecule has 0 aromatic heterocycles. The van der Waals surface area contributed by atoms with E-state index in [4.69, 9.17) is 5.26 Å². The Bertz CT molecular complexity index is 274. The van der Waals surface area contributed by atoms with E-state index in [0.717, 1.165) is 5.56 Å². The van der Waals surface area contributed by atoms with Crippen molar-refractivity contribution >= 4 is 0 Å². The summed E-state index contributed by atoms with van der Waals surface area (Å²) in [7, 11) is 0. The van der Waals surface area contributed by atoms with Gasteiger partial charge >= 0.3 is 0 Å². The summed E-state index contributed by atoms with van der Waals surface area (Å²) in [5.41, 5.74) is 0.978. The quantitative estimate of drug-likeness (QED) is 0.542. The number of nitriles is 1. The molecule has 3 heteroatoms. The van der Waals surface area contributed by atoms with E-state index >= 15 is 0 Å². The van der Waals surface area contributed by atoms with E-state index in [0.29, 0.717) is 13.1 Å². The van der Waals surface area contributed by atoms with E-state index in [9.17, 15) is 4.39 Å². The van der Waals surface area contributed by atoms with Crippen LogP contribution in [0.15, 0.2) is 24.3 Å². The van der Waals surface area contributed by atoms with Gasteiger partial charge in [0, 0.05) is 6.54 Å². The maximum absolute atomic E-state index is 12.4. The monoisotopic (exact) mass is 164 g/mol. The molecule has 0 atom stereocenters. The largest absolute Gasteiger partial charge is 0.300 e. The third-order valence-corrected chi connectivity index (χ3v) is 1.45. The van der Waals surface area contributed by atoms with Crippen molar-refractivity contribution in [2.24, 2.45) is 0 Å². The first-order valence-electron chi connectivity index (χ1n) is 3.65. The van der Waals surface area contributed by atoms with Gasteiger partial charge in [-0.1, -0.05) is 12.1 Å². The summed E-state index contributed by atoms with van der Waals surface area (Å²) in [5, 5.41) is 11.1. The summed E-state index contributed by atoms with van der Waals surface area (Å²) in [6.45, 7) is 0.922. The Morgan fingerprint density at radius 1 is 1.33 bits per heavy atom. The minimum Gasteiger partial charge on any atom is -0.300 e. The van der Waals surface area contributed by atoms with Crippen LogP contribution in [-0.4, -0.2) is 6.54 Å². The lowest BCUT2D eigenvalue weighted by molar-refractivity contribution is 0.626. The molecule has 0 radical (unpaired) electrons. The molecule has 0 aliphatic heterocycles. The van der Waals surface area contributed by atoms with Gasteiger partial charge in [-0.3, -0.25) is 0 Å². The van der Waals surface area contributed by atoms with Crippen molar-refractivity contribution in [1.29, 1.82) is 5.26 Å². The van der Waals surface area contributed by atoms with E-state index in [1.807, 2.05) is 6.07 Å². The highest BCUT2D eigenvalue weighted by atomic mass is 19.1. The topological polar surface area (TPSA) is 35.8 Å². The average Bonchev–Trinajstić information content (AvgIpc) is 2.09. The Labute approximate surface area is 70.6 Å². The minimum absolute atomic E-state index is 0.237. The first-order valence-corrected chi connectivity index (χ1v) is 3.65. The van der Waals surface area contributed by atoms with Crippen LogP contribution in [0, 0.1) is 17.1 Å². The highest BCUT2D eigenvalue weighted by Gasteiger charge is 1.91. The SMILES string of the molecule is N#CCNCc1ccc(F)cc1. The standard InChI is InChI=1S/C9H9FN2/c10-9-3-1-8(2-4-9)7-12-6-5-11/h1-4,12H,6-7H2. The Balaban J connectivity index is 2.43. The summed E-state index contributed by atoms with van der Waals surface area (Å²) in [5.74, 6) is -0.237. The fourth-order valence-corrected chi connectivity index (χ4v) is 0.865. The summed E-state index contributed by atoms with van der Waals surface area (Å²) < 4.78 is 12.4. The smallest absolute Gasteiger partial charge is 0.123 e. The van der Waals surface area contributed by atoms with Crippen LogP contribution in [0.2, 0.25) is 0 Å². The molecule has 0 unspecified atom stereocenters. The van der Waals surface area contributed by atoms with Gasteiger partial charge in [0.15, 0.2) is 0 Å². The molecule has 2 nitrogen and oxygen atoms in total. The average molecular weight is 164 g/mol. The second kappa shape index (κ2) is 4.47. The van der Waals surface area contributed by atoms with Crippen molar-refractivity contribution in [3.8, 4) is 6.07 Å². The molecule has 0 saturated carbocycles. The summed E-state index contributed by atoms with van der Waals surface area (Å²) in [6.07, 6.45) is 0. The highest BCUT2D eigenvalue weighted by Crippen LogP contribution is 2.01. The second-order valence-corrected chi connectivity index (χ2v) is 2.39. The van der Waals surface area contributed by atoms with Crippen LogP contribution >= 0.6 is 0 Å². The third-order valence-electron chi connectivity index (χ3n) is 1.45. The fourth-order valence-electron chi connectivity index (χ4n) is 0.865. The van der Waals surface area contributed by atoms with Gasteiger partial charge in [-0.05, 0) is 17.7 Å². The lowest BCUT2D eigenvalue weighted by Gasteiger charge is -1.99. The number of rotatable bonds is 3. The van der Waals surface area contributed by atoms with Crippen molar-refractivity contribution in [3.05, 3.63) is 35.6 Å². The van der Waals surface area contributed by atoms with Crippen LogP contribution in [0.5, 0.6) is 0 Å². The highest BCUT2D eigenvalue weighted by molar-refractivity contribution is 5.15.